The van der Waals surface area contributed by atoms with Gasteiger partial charge < -0.3 is 0 Å². The van der Waals surface area contributed by atoms with E-state index in [0.717, 1.165) is 32.1 Å². The van der Waals surface area contributed by atoms with Crippen molar-refractivity contribution in [2.45, 2.75) is 111 Å². The molecule has 1 N–H and O–H groups in total. The van der Waals surface area contributed by atoms with Gasteiger partial charge in [0.1, 0.15) is 0 Å². The molecule has 0 aromatic carbocycles. The van der Waals surface area contributed by atoms with Crippen LogP contribution in [0.5, 0.6) is 0 Å². The number of hydrogen-bond acceptors (Lipinski definition) is 2. The standard InChI is InChI=1S/C19H41NO2S/c1-9-18(8,10-2)19(11-3,12-4)23(21,22)20-17(7)15-13-14-16(5)6/h16-17,20H,9-15H2,1-8H3. The quantitative estimate of drug-likeness (QED) is 0.506. The maximum atomic E-state index is 13.3. The molecule has 0 fully saturated rings. The lowest BCUT2D eigenvalue weighted by Gasteiger charge is -2.47. The fourth-order valence-electron chi connectivity index (χ4n) is 3.97. The zero-order valence-corrected chi connectivity index (χ0v) is 17.6. The van der Waals surface area contributed by atoms with E-state index < -0.39 is 14.8 Å². The Hall–Kier alpha value is -0.0900. The van der Waals surface area contributed by atoms with E-state index in [4.69, 9.17) is 0 Å². The Kier molecular flexibility index (Phi) is 9.37. The minimum absolute atomic E-state index is 0.00851. The summed E-state index contributed by atoms with van der Waals surface area (Å²) >= 11 is 0. The fourth-order valence-corrected chi connectivity index (χ4v) is 6.54. The average molecular weight is 348 g/mol. The summed E-state index contributed by atoms with van der Waals surface area (Å²) in [4.78, 5) is 0. The lowest BCUT2D eigenvalue weighted by Crippen LogP contribution is -2.57. The van der Waals surface area contributed by atoms with E-state index >= 15 is 0 Å². The molecule has 140 valence electrons. The van der Waals surface area contributed by atoms with Crippen molar-refractivity contribution >= 4 is 10.0 Å². The molecule has 1 unspecified atom stereocenters. The average Bonchev–Trinajstić information content (AvgIpc) is 2.47. The normalized spacial score (nSPS) is 15.2. The number of nitrogens with one attached hydrogen (secondary N) is 1. The predicted octanol–water partition coefficient (Wildman–Crippen LogP) is 5.51. The first-order chi connectivity index (χ1) is 10.6. The molecule has 0 bridgehead atoms. The van der Waals surface area contributed by atoms with Crippen LogP contribution in [0.15, 0.2) is 0 Å². The molecule has 3 nitrogen and oxygen atoms in total. The summed E-state index contributed by atoms with van der Waals surface area (Å²) < 4.78 is 28.9. The van der Waals surface area contributed by atoms with Crippen molar-refractivity contribution in [1.29, 1.82) is 0 Å². The zero-order valence-electron chi connectivity index (χ0n) is 16.8. The van der Waals surface area contributed by atoms with Crippen molar-refractivity contribution in [3.8, 4) is 0 Å². The lowest BCUT2D eigenvalue weighted by atomic mass is 9.69. The molecule has 0 aliphatic rings. The van der Waals surface area contributed by atoms with Crippen LogP contribution in [0.2, 0.25) is 0 Å². The van der Waals surface area contributed by atoms with Gasteiger partial charge in [0.25, 0.3) is 0 Å². The van der Waals surface area contributed by atoms with Crippen LogP contribution >= 0.6 is 0 Å². The molecule has 0 radical (unpaired) electrons. The SMILES string of the molecule is CCC(C)(CC)C(CC)(CC)S(=O)(=O)NC(C)CCCC(C)C. The Bertz CT molecular complexity index is 421. The molecular formula is C19H41NO2S. The minimum Gasteiger partial charge on any atom is -0.212 e. The van der Waals surface area contributed by atoms with Gasteiger partial charge in [0, 0.05) is 6.04 Å². The van der Waals surface area contributed by atoms with Crippen molar-refractivity contribution in [1.82, 2.24) is 4.72 Å². The summed E-state index contributed by atoms with van der Waals surface area (Å²) in [6.07, 6.45) is 6.23. The second-order valence-corrected chi connectivity index (χ2v) is 9.84. The second kappa shape index (κ2) is 9.41. The van der Waals surface area contributed by atoms with Crippen molar-refractivity contribution in [3.05, 3.63) is 0 Å². The van der Waals surface area contributed by atoms with E-state index in [1.165, 1.54) is 0 Å². The van der Waals surface area contributed by atoms with Crippen LogP contribution in [0, 0.1) is 11.3 Å². The van der Waals surface area contributed by atoms with Gasteiger partial charge in [-0.1, -0.05) is 61.3 Å². The molecular weight excluding hydrogens is 306 g/mol. The van der Waals surface area contributed by atoms with Gasteiger partial charge in [0.15, 0.2) is 0 Å². The third-order valence-electron chi connectivity index (χ3n) is 6.09. The highest BCUT2D eigenvalue weighted by molar-refractivity contribution is 7.91. The van der Waals surface area contributed by atoms with Gasteiger partial charge in [-0.2, -0.15) is 0 Å². The van der Waals surface area contributed by atoms with Crippen LogP contribution < -0.4 is 4.72 Å². The minimum atomic E-state index is -3.37. The molecule has 0 rings (SSSR count). The van der Waals surface area contributed by atoms with E-state index in [2.05, 4.69) is 39.3 Å². The van der Waals surface area contributed by atoms with E-state index in [-0.39, 0.29) is 11.5 Å². The fraction of sp³-hybridized carbons (Fsp3) is 1.00. The Morgan fingerprint density at radius 2 is 1.35 bits per heavy atom. The lowest BCUT2D eigenvalue weighted by molar-refractivity contribution is 0.177. The molecule has 0 saturated carbocycles. The largest absolute Gasteiger partial charge is 0.218 e. The molecule has 0 aliphatic heterocycles. The second-order valence-electron chi connectivity index (χ2n) is 7.82. The molecule has 0 aromatic heterocycles. The highest BCUT2D eigenvalue weighted by atomic mass is 32.2. The van der Waals surface area contributed by atoms with Crippen LogP contribution in [0.4, 0.5) is 0 Å². The summed E-state index contributed by atoms with van der Waals surface area (Å²) in [6, 6.07) is 0.00851. The summed E-state index contributed by atoms with van der Waals surface area (Å²) in [5.41, 5.74) is -0.194. The zero-order chi connectivity index (χ0) is 18.3. The van der Waals surface area contributed by atoms with Crippen LogP contribution in [0.1, 0.15) is 100 Å². The van der Waals surface area contributed by atoms with Crippen LogP contribution in [0.3, 0.4) is 0 Å². The Morgan fingerprint density at radius 1 is 0.870 bits per heavy atom. The van der Waals surface area contributed by atoms with Gasteiger partial charge in [-0.05, 0) is 50.4 Å². The van der Waals surface area contributed by atoms with E-state index in [1.54, 1.807) is 0 Å². The van der Waals surface area contributed by atoms with Crippen molar-refractivity contribution in [3.63, 3.8) is 0 Å². The molecule has 0 heterocycles. The summed E-state index contributed by atoms with van der Waals surface area (Å²) in [7, 11) is -3.37. The van der Waals surface area contributed by atoms with Gasteiger partial charge in [-0.25, -0.2) is 13.1 Å². The van der Waals surface area contributed by atoms with Crippen LogP contribution in [0.25, 0.3) is 0 Å². The van der Waals surface area contributed by atoms with Gasteiger partial charge in [-0.15, -0.1) is 0 Å². The van der Waals surface area contributed by atoms with Crippen molar-refractivity contribution in [2.24, 2.45) is 11.3 Å². The van der Waals surface area contributed by atoms with Crippen molar-refractivity contribution < 1.29 is 8.42 Å². The Balaban J connectivity index is 5.32. The summed E-state index contributed by atoms with van der Waals surface area (Å²) in [5, 5.41) is 0. The Labute approximate surface area is 146 Å². The number of hydrogen-bond donors (Lipinski definition) is 1. The number of sulfonamides is 1. The van der Waals surface area contributed by atoms with Gasteiger partial charge in [0.05, 0.1) is 4.75 Å². The smallest absolute Gasteiger partial charge is 0.212 e. The molecule has 0 spiro atoms. The maximum Gasteiger partial charge on any atom is 0.218 e. The number of rotatable bonds is 12. The first-order valence-electron chi connectivity index (χ1n) is 9.57. The maximum absolute atomic E-state index is 13.3. The molecule has 4 heteroatoms. The van der Waals surface area contributed by atoms with Crippen LogP contribution in [-0.4, -0.2) is 19.2 Å². The Morgan fingerprint density at radius 3 is 1.70 bits per heavy atom. The van der Waals surface area contributed by atoms with Gasteiger partial charge in [0.2, 0.25) is 10.0 Å². The van der Waals surface area contributed by atoms with Crippen LogP contribution in [-0.2, 0) is 10.0 Å². The van der Waals surface area contributed by atoms with Gasteiger partial charge >= 0.3 is 0 Å². The molecule has 0 aliphatic carbocycles. The highest BCUT2D eigenvalue weighted by Crippen LogP contribution is 2.47. The van der Waals surface area contributed by atoms with Crippen molar-refractivity contribution in [2.75, 3.05) is 0 Å². The van der Waals surface area contributed by atoms with E-state index in [9.17, 15) is 8.42 Å². The first kappa shape index (κ1) is 22.9. The highest BCUT2D eigenvalue weighted by Gasteiger charge is 2.53. The third-order valence-corrected chi connectivity index (χ3v) is 8.90. The topological polar surface area (TPSA) is 46.2 Å². The van der Waals surface area contributed by atoms with E-state index in [1.807, 2.05) is 20.8 Å². The summed E-state index contributed by atoms with van der Waals surface area (Å²) in [5.74, 6) is 0.674. The monoisotopic (exact) mass is 347 g/mol. The third kappa shape index (κ3) is 5.19. The molecule has 0 saturated heterocycles. The molecule has 0 aromatic rings. The molecule has 23 heavy (non-hydrogen) atoms. The van der Waals surface area contributed by atoms with Gasteiger partial charge in [-0.3, -0.25) is 0 Å². The summed E-state index contributed by atoms with van der Waals surface area (Å²) in [6.45, 7) is 16.8. The molecule has 0 amide bonds. The predicted molar refractivity (Wildman–Crippen MR) is 102 cm³/mol. The molecule has 1 atom stereocenters. The van der Waals surface area contributed by atoms with E-state index in [0.29, 0.717) is 18.8 Å². The first-order valence-corrected chi connectivity index (χ1v) is 11.1.